The summed E-state index contributed by atoms with van der Waals surface area (Å²) in [5.74, 6) is 0.651. The zero-order valence-corrected chi connectivity index (χ0v) is 10.1. The molecule has 0 amide bonds. The van der Waals surface area contributed by atoms with Gasteiger partial charge in [0.15, 0.2) is 5.82 Å². The first kappa shape index (κ1) is 10.6. The Bertz CT molecular complexity index is 618. The van der Waals surface area contributed by atoms with Gasteiger partial charge in [0.25, 0.3) is 0 Å². The molecule has 17 heavy (non-hydrogen) atoms. The molecule has 2 heterocycles. The van der Waals surface area contributed by atoms with E-state index in [4.69, 9.17) is 23.2 Å². The number of nitrogens with zero attached hydrogens (tertiary/aromatic N) is 2. The maximum atomic E-state index is 5.97. The van der Waals surface area contributed by atoms with Crippen LogP contribution in [0.5, 0.6) is 0 Å². The lowest BCUT2D eigenvalue weighted by molar-refractivity contribution is 1.28. The number of aromatic nitrogens is 3. The van der Waals surface area contributed by atoms with Crippen LogP contribution in [0.3, 0.4) is 0 Å². The highest BCUT2D eigenvalue weighted by atomic mass is 35.5. The average molecular weight is 264 g/mol. The SMILES string of the molecule is Clc1ccc(-c2nc3cc[nH]cc-3n2)cc1Cl. The number of fused-ring (bicyclic) bond motifs is 1. The Labute approximate surface area is 108 Å². The van der Waals surface area contributed by atoms with Gasteiger partial charge in [-0.1, -0.05) is 23.2 Å². The number of halogens is 2. The summed E-state index contributed by atoms with van der Waals surface area (Å²) in [7, 11) is 0. The van der Waals surface area contributed by atoms with Crippen LogP contribution in [-0.4, -0.2) is 15.0 Å². The topological polar surface area (TPSA) is 41.6 Å². The third-order valence-electron chi connectivity index (χ3n) is 2.45. The van der Waals surface area contributed by atoms with Crippen LogP contribution < -0.4 is 0 Å². The maximum Gasteiger partial charge on any atom is 0.160 e. The largest absolute Gasteiger partial charge is 0.366 e. The molecular weight excluding hydrogens is 257 g/mol. The van der Waals surface area contributed by atoms with Gasteiger partial charge in [0.2, 0.25) is 0 Å². The molecule has 0 aromatic heterocycles. The van der Waals surface area contributed by atoms with Gasteiger partial charge in [-0.2, -0.15) is 0 Å². The number of aromatic amines is 1. The van der Waals surface area contributed by atoms with Crippen molar-refractivity contribution in [2.45, 2.75) is 0 Å². The van der Waals surface area contributed by atoms with Crippen LogP contribution >= 0.6 is 23.2 Å². The minimum atomic E-state index is 0.504. The lowest BCUT2D eigenvalue weighted by Crippen LogP contribution is -1.80. The maximum absolute atomic E-state index is 5.97. The van der Waals surface area contributed by atoms with Crippen molar-refractivity contribution in [2.75, 3.05) is 0 Å². The van der Waals surface area contributed by atoms with Gasteiger partial charge in [-0.15, -0.1) is 0 Å². The summed E-state index contributed by atoms with van der Waals surface area (Å²) in [5.41, 5.74) is 2.54. The van der Waals surface area contributed by atoms with Crippen molar-refractivity contribution in [1.29, 1.82) is 0 Å². The van der Waals surface area contributed by atoms with E-state index in [0.717, 1.165) is 17.0 Å². The van der Waals surface area contributed by atoms with Crippen LogP contribution in [0.1, 0.15) is 0 Å². The van der Waals surface area contributed by atoms with E-state index < -0.39 is 0 Å². The number of hydrogen-bond acceptors (Lipinski definition) is 2. The molecule has 2 aliphatic rings. The minimum Gasteiger partial charge on any atom is -0.366 e. The molecular formula is C12H7Cl2N3. The highest BCUT2D eigenvalue weighted by Gasteiger charge is 2.12. The van der Waals surface area contributed by atoms with E-state index in [1.807, 2.05) is 24.5 Å². The van der Waals surface area contributed by atoms with E-state index >= 15 is 0 Å². The molecule has 5 heteroatoms. The number of H-pyrrole nitrogens is 1. The molecule has 1 aromatic rings. The second-order valence-corrected chi connectivity index (χ2v) is 4.41. The molecule has 0 unspecified atom stereocenters. The van der Waals surface area contributed by atoms with Gasteiger partial charge >= 0.3 is 0 Å². The number of benzene rings is 1. The zero-order chi connectivity index (χ0) is 11.8. The van der Waals surface area contributed by atoms with Crippen molar-refractivity contribution in [1.82, 2.24) is 15.0 Å². The molecule has 0 radical (unpaired) electrons. The minimum absolute atomic E-state index is 0.504. The number of hydrogen-bond donors (Lipinski definition) is 1. The van der Waals surface area contributed by atoms with E-state index in [9.17, 15) is 0 Å². The van der Waals surface area contributed by atoms with Gasteiger partial charge < -0.3 is 4.98 Å². The lowest BCUT2D eigenvalue weighted by Gasteiger charge is -1.98. The monoisotopic (exact) mass is 263 g/mol. The Morgan fingerprint density at radius 3 is 2.53 bits per heavy atom. The summed E-state index contributed by atoms with van der Waals surface area (Å²) in [6.45, 7) is 0. The van der Waals surface area contributed by atoms with Crippen LogP contribution in [0, 0.1) is 0 Å². The molecule has 84 valence electrons. The second kappa shape index (κ2) is 4.02. The van der Waals surface area contributed by atoms with Gasteiger partial charge in [-0.05, 0) is 24.3 Å². The van der Waals surface area contributed by atoms with Crippen LogP contribution in [0.2, 0.25) is 10.0 Å². The van der Waals surface area contributed by atoms with E-state index in [1.54, 1.807) is 12.1 Å². The van der Waals surface area contributed by atoms with Crippen molar-refractivity contribution in [3.05, 3.63) is 46.7 Å². The molecule has 0 aliphatic carbocycles. The van der Waals surface area contributed by atoms with E-state index in [1.165, 1.54) is 0 Å². The molecule has 0 saturated carbocycles. The lowest BCUT2D eigenvalue weighted by atomic mass is 10.2. The predicted octanol–water partition coefficient (Wildman–Crippen LogP) is 3.88. The quantitative estimate of drug-likeness (QED) is 0.724. The smallest absolute Gasteiger partial charge is 0.160 e. The fraction of sp³-hybridized carbons (Fsp3) is 0. The Morgan fingerprint density at radius 2 is 1.76 bits per heavy atom. The summed E-state index contributed by atoms with van der Waals surface area (Å²) >= 11 is 11.8. The molecule has 0 bridgehead atoms. The van der Waals surface area contributed by atoms with Gasteiger partial charge in [-0.25, -0.2) is 9.97 Å². The molecule has 3 nitrogen and oxygen atoms in total. The predicted molar refractivity (Wildman–Crippen MR) is 68.5 cm³/mol. The van der Waals surface area contributed by atoms with Crippen molar-refractivity contribution in [3.63, 3.8) is 0 Å². The van der Waals surface area contributed by atoms with Gasteiger partial charge in [0, 0.05) is 18.0 Å². The van der Waals surface area contributed by atoms with Crippen molar-refractivity contribution in [3.8, 4) is 22.8 Å². The number of imidazole rings is 1. The first-order valence-electron chi connectivity index (χ1n) is 5.00. The highest BCUT2D eigenvalue weighted by Crippen LogP contribution is 2.29. The Kier molecular flexibility index (Phi) is 2.50. The van der Waals surface area contributed by atoms with E-state index in [0.29, 0.717) is 15.9 Å². The summed E-state index contributed by atoms with van der Waals surface area (Å²) < 4.78 is 0. The number of rotatable bonds is 1. The van der Waals surface area contributed by atoms with Gasteiger partial charge in [0.05, 0.1) is 15.7 Å². The molecule has 0 atom stereocenters. The summed E-state index contributed by atoms with van der Waals surface area (Å²) in [4.78, 5) is 11.8. The Balaban J connectivity index is 2.15. The molecule has 0 saturated heterocycles. The number of nitrogens with one attached hydrogen (secondary N) is 1. The molecule has 3 rings (SSSR count). The van der Waals surface area contributed by atoms with Crippen LogP contribution in [0.4, 0.5) is 0 Å². The van der Waals surface area contributed by atoms with Gasteiger partial charge in [0.1, 0.15) is 5.69 Å². The molecule has 1 N–H and O–H groups in total. The average Bonchev–Trinajstić information content (AvgIpc) is 2.76. The normalized spacial score (nSPS) is 10.9. The molecule has 0 fully saturated rings. The Morgan fingerprint density at radius 1 is 0.941 bits per heavy atom. The highest BCUT2D eigenvalue weighted by molar-refractivity contribution is 6.42. The fourth-order valence-corrected chi connectivity index (χ4v) is 1.91. The molecule has 2 aliphatic heterocycles. The number of pyridine rings is 1. The third kappa shape index (κ3) is 1.88. The summed E-state index contributed by atoms with van der Waals surface area (Å²) in [6.07, 6.45) is 3.62. The van der Waals surface area contributed by atoms with Crippen molar-refractivity contribution >= 4 is 23.2 Å². The van der Waals surface area contributed by atoms with Crippen molar-refractivity contribution < 1.29 is 0 Å². The van der Waals surface area contributed by atoms with E-state index in [2.05, 4.69) is 15.0 Å². The van der Waals surface area contributed by atoms with Crippen LogP contribution in [-0.2, 0) is 0 Å². The van der Waals surface area contributed by atoms with Crippen LogP contribution in [0.15, 0.2) is 36.7 Å². The first-order valence-corrected chi connectivity index (χ1v) is 5.75. The third-order valence-corrected chi connectivity index (χ3v) is 3.19. The second-order valence-electron chi connectivity index (χ2n) is 3.59. The summed E-state index contributed by atoms with van der Waals surface area (Å²) in [5, 5.41) is 1.03. The molecule has 0 spiro atoms. The fourth-order valence-electron chi connectivity index (χ4n) is 1.62. The first-order chi connectivity index (χ1) is 8.24. The zero-order valence-electron chi connectivity index (χ0n) is 8.61. The van der Waals surface area contributed by atoms with E-state index in [-0.39, 0.29) is 0 Å². The molecule has 1 aromatic carbocycles. The standard InChI is InChI=1S/C12H7Cl2N3/c13-8-2-1-7(5-9(8)14)12-16-10-3-4-15-6-11(10)17-12/h1-6,15H. The van der Waals surface area contributed by atoms with Gasteiger partial charge in [-0.3, -0.25) is 0 Å². The summed E-state index contributed by atoms with van der Waals surface area (Å²) in [6, 6.07) is 7.24. The Hall–Kier alpha value is -1.58. The van der Waals surface area contributed by atoms with Crippen LogP contribution in [0.25, 0.3) is 22.8 Å². The van der Waals surface area contributed by atoms with Crippen molar-refractivity contribution in [2.24, 2.45) is 0 Å².